The summed E-state index contributed by atoms with van der Waals surface area (Å²) in [6, 6.07) is 27.2. The quantitative estimate of drug-likeness (QED) is 0.590. The molecule has 1 atom stereocenters. The molecule has 1 saturated heterocycles. The van der Waals surface area contributed by atoms with Gasteiger partial charge in [0.25, 0.3) is 5.91 Å². The molecule has 0 bridgehead atoms. The van der Waals surface area contributed by atoms with Crippen LogP contribution >= 0.6 is 0 Å². The van der Waals surface area contributed by atoms with E-state index in [9.17, 15) is 4.79 Å². The molecule has 5 heteroatoms. The molecule has 1 heterocycles. The van der Waals surface area contributed by atoms with Crippen LogP contribution in [0, 0.1) is 6.92 Å². The summed E-state index contributed by atoms with van der Waals surface area (Å²) in [5.74, 6) is -0.00840. The first-order valence-corrected chi connectivity index (χ1v) is 11.7. The van der Waals surface area contributed by atoms with Gasteiger partial charge in [-0.3, -0.25) is 9.69 Å². The van der Waals surface area contributed by atoms with Crippen molar-refractivity contribution in [3.63, 3.8) is 0 Å². The molecule has 0 unspecified atom stereocenters. The number of carbonyl (C=O) groups excluding carboxylic acids is 1. The fourth-order valence-electron chi connectivity index (χ4n) is 4.50. The van der Waals surface area contributed by atoms with Crippen LogP contribution in [0.5, 0.6) is 0 Å². The van der Waals surface area contributed by atoms with Crippen molar-refractivity contribution in [1.82, 2.24) is 10.2 Å². The summed E-state index contributed by atoms with van der Waals surface area (Å²) in [4.78, 5) is 20.0. The average molecular weight is 443 g/mol. The first-order valence-electron chi connectivity index (χ1n) is 11.7. The third-order valence-corrected chi connectivity index (χ3v) is 6.52. The maximum atomic E-state index is 12.9. The minimum Gasteiger partial charge on any atom is -0.378 e. The molecule has 172 valence electrons. The first-order chi connectivity index (χ1) is 16.0. The number of para-hydroxylation sites is 1. The lowest BCUT2D eigenvalue weighted by Crippen LogP contribution is -2.50. The summed E-state index contributed by atoms with van der Waals surface area (Å²) in [6.07, 6.45) is 0. The number of nitrogens with one attached hydrogen (secondary N) is 1. The highest BCUT2D eigenvalue weighted by Gasteiger charge is 2.26. The highest BCUT2D eigenvalue weighted by atomic mass is 16.1. The molecular formula is C28H34N4O. The zero-order valence-electron chi connectivity index (χ0n) is 19.9. The van der Waals surface area contributed by atoms with Gasteiger partial charge in [-0.2, -0.15) is 0 Å². The molecule has 3 aromatic rings. The minimum absolute atomic E-state index is 0.00840. The van der Waals surface area contributed by atoms with Crippen molar-refractivity contribution >= 4 is 17.3 Å². The summed E-state index contributed by atoms with van der Waals surface area (Å²) in [5.41, 5.74) is 5.43. The van der Waals surface area contributed by atoms with Crippen molar-refractivity contribution in [1.29, 1.82) is 0 Å². The first kappa shape index (κ1) is 22.9. The molecule has 4 rings (SSSR count). The molecule has 1 N–H and O–H groups in total. The number of piperazine rings is 1. The molecule has 0 spiro atoms. The van der Waals surface area contributed by atoms with E-state index in [4.69, 9.17) is 0 Å². The van der Waals surface area contributed by atoms with Gasteiger partial charge in [0.1, 0.15) is 0 Å². The summed E-state index contributed by atoms with van der Waals surface area (Å²) >= 11 is 0. The van der Waals surface area contributed by atoms with Gasteiger partial charge in [-0.05, 0) is 48.4 Å². The fraction of sp³-hybridized carbons (Fsp3) is 0.321. The molecule has 1 aliphatic heterocycles. The molecule has 0 aliphatic carbocycles. The number of hydrogen-bond acceptors (Lipinski definition) is 4. The van der Waals surface area contributed by atoms with Crippen molar-refractivity contribution in [3.8, 4) is 0 Å². The number of benzene rings is 3. The number of amides is 1. The van der Waals surface area contributed by atoms with Crippen LogP contribution in [0.3, 0.4) is 0 Å². The van der Waals surface area contributed by atoms with Crippen molar-refractivity contribution in [2.45, 2.75) is 13.0 Å². The Labute approximate surface area is 197 Å². The molecular weight excluding hydrogens is 408 g/mol. The summed E-state index contributed by atoms with van der Waals surface area (Å²) in [7, 11) is 4.11. The predicted octanol–water partition coefficient (Wildman–Crippen LogP) is 4.35. The molecule has 0 aromatic heterocycles. The summed E-state index contributed by atoms with van der Waals surface area (Å²) in [5, 5.41) is 3.21. The Balaban J connectivity index is 1.49. The van der Waals surface area contributed by atoms with Crippen molar-refractivity contribution < 1.29 is 4.79 Å². The van der Waals surface area contributed by atoms with E-state index < -0.39 is 0 Å². The highest BCUT2D eigenvalue weighted by molar-refractivity contribution is 5.95. The predicted molar refractivity (Wildman–Crippen MR) is 137 cm³/mol. The van der Waals surface area contributed by atoms with Gasteiger partial charge in [-0.15, -0.1) is 0 Å². The monoisotopic (exact) mass is 442 g/mol. The molecule has 5 nitrogen and oxygen atoms in total. The molecule has 1 fully saturated rings. The van der Waals surface area contributed by atoms with E-state index in [1.54, 1.807) is 0 Å². The normalized spacial score (nSPS) is 15.2. The lowest BCUT2D eigenvalue weighted by molar-refractivity contribution is 0.0929. The van der Waals surface area contributed by atoms with Crippen molar-refractivity contribution in [3.05, 3.63) is 95.6 Å². The van der Waals surface area contributed by atoms with Gasteiger partial charge < -0.3 is 15.1 Å². The van der Waals surface area contributed by atoms with Crippen LogP contribution in [-0.2, 0) is 0 Å². The van der Waals surface area contributed by atoms with E-state index in [2.05, 4.69) is 88.7 Å². The zero-order chi connectivity index (χ0) is 23.2. The molecule has 33 heavy (non-hydrogen) atoms. The van der Waals surface area contributed by atoms with Crippen LogP contribution in [0.25, 0.3) is 0 Å². The largest absolute Gasteiger partial charge is 0.378 e. The van der Waals surface area contributed by atoms with Crippen LogP contribution in [0.15, 0.2) is 78.9 Å². The third-order valence-electron chi connectivity index (χ3n) is 6.52. The van der Waals surface area contributed by atoms with E-state index in [-0.39, 0.29) is 11.9 Å². The fourth-order valence-corrected chi connectivity index (χ4v) is 4.50. The number of nitrogens with zero attached hydrogens (tertiary/aromatic N) is 3. The highest BCUT2D eigenvalue weighted by Crippen LogP contribution is 2.26. The Morgan fingerprint density at radius 3 is 2.15 bits per heavy atom. The average Bonchev–Trinajstić information content (AvgIpc) is 2.85. The molecule has 3 aromatic carbocycles. The number of hydrogen-bond donors (Lipinski definition) is 1. The van der Waals surface area contributed by atoms with Crippen LogP contribution < -0.4 is 15.1 Å². The van der Waals surface area contributed by atoms with Crippen LogP contribution in [0.4, 0.5) is 11.4 Å². The Morgan fingerprint density at radius 1 is 0.879 bits per heavy atom. The Hall–Kier alpha value is -3.31. The van der Waals surface area contributed by atoms with Crippen LogP contribution in [0.1, 0.15) is 27.5 Å². The van der Waals surface area contributed by atoms with Crippen molar-refractivity contribution in [2.75, 3.05) is 56.6 Å². The zero-order valence-corrected chi connectivity index (χ0v) is 19.9. The van der Waals surface area contributed by atoms with Gasteiger partial charge in [-0.25, -0.2) is 0 Å². The molecule has 0 radical (unpaired) electrons. The number of anilines is 2. The van der Waals surface area contributed by atoms with E-state index in [1.807, 2.05) is 31.2 Å². The van der Waals surface area contributed by atoms with Crippen molar-refractivity contribution in [2.24, 2.45) is 0 Å². The molecule has 1 amide bonds. The van der Waals surface area contributed by atoms with Gasteiger partial charge in [0.15, 0.2) is 0 Å². The van der Waals surface area contributed by atoms with E-state index in [1.165, 1.54) is 16.9 Å². The summed E-state index contributed by atoms with van der Waals surface area (Å²) in [6.45, 7) is 6.42. The number of carbonyl (C=O) groups is 1. The van der Waals surface area contributed by atoms with Gasteiger partial charge in [0.2, 0.25) is 0 Å². The molecule has 0 saturated carbocycles. The maximum absolute atomic E-state index is 12.9. The van der Waals surface area contributed by atoms with Gasteiger partial charge in [-0.1, -0.05) is 48.5 Å². The Kier molecular flexibility index (Phi) is 7.30. The summed E-state index contributed by atoms with van der Waals surface area (Å²) < 4.78 is 0. The lowest BCUT2D eigenvalue weighted by atomic mass is 10.0. The van der Waals surface area contributed by atoms with E-state index in [0.29, 0.717) is 6.54 Å². The van der Waals surface area contributed by atoms with E-state index in [0.717, 1.165) is 37.3 Å². The molecule has 1 aliphatic rings. The van der Waals surface area contributed by atoms with Crippen LogP contribution in [0.2, 0.25) is 0 Å². The minimum atomic E-state index is -0.00840. The number of rotatable bonds is 7. The van der Waals surface area contributed by atoms with Crippen LogP contribution in [-0.4, -0.2) is 57.6 Å². The van der Waals surface area contributed by atoms with E-state index >= 15 is 0 Å². The lowest BCUT2D eigenvalue weighted by Gasteiger charge is -2.40. The maximum Gasteiger partial charge on any atom is 0.251 e. The standard InChI is InChI=1S/C28H34N4O/c1-22-9-7-8-12-26(22)28(33)29-21-27(23-13-15-24(16-14-23)30(2)3)32-19-17-31(18-20-32)25-10-5-4-6-11-25/h4-16,27H,17-21H2,1-3H3,(H,29,33)/t27-/m1/s1. The second kappa shape index (κ2) is 10.5. The third kappa shape index (κ3) is 5.55. The van der Waals surface area contributed by atoms with Gasteiger partial charge in [0, 0.05) is 63.8 Å². The topological polar surface area (TPSA) is 38.8 Å². The Morgan fingerprint density at radius 2 is 1.52 bits per heavy atom. The van der Waals surface area contributed by atoms with Gasteiger partial charge >= 0.3 is 0 Å². The second-order valence-electron chi connectivity index (χ2n) is 8.89. The number of aryl methyl sites for hydroxylation is 1. The smallest absolute Gasteiger partial charge is 0.251 e. The Bertz CT molecular complexity index is 1040. The SMILES string of the molecule is Cc1ccccc1C(=O)NC[C@H](c1ccc(N(C)C)cc1)N1CCN(c2ccccc2)CC1. The second-order valence-corrected chi connectivity index (χ2v) is 8.89. The van der Waals surface area contributed by atoms with Gasteiger partial charge in [0.05, 0.1) is 6.04 Å².